The highest BCUT2D eigenvalue weighted by atomic mass is 19.4. The molecule has 0 radical (unpaired) electrons. The van der Waals surface area contributed by atoms with Crippen LogP contribution < -0.4 is 11.1 Å². The molecule has 2 aromatic heterocycles. The summed E-state index contributed by atoms with van der Waals surface area (Å²) in [5.74, 6) is -2.26. The topological polar surface area (TPSA) is 126 Å². The summed E-state index contributed by atoms with van der Waals surface area (Å²) in [5.41, 5.74) is 2.07. The number of hydrogen-bond donors (Lipinski definition) is 2. The second-order valence-electron chi connectivity index (χ2n) is 6.48. The number of nitrogens with zero attached hydrogens (tertiary/aromatic N) is 4. The molecule has 1 aliphatic heterocycles. The smallest absolute Gasteiger partial charge is 0.411 e. The molecule has 2 aromatic rings. The first kappa shape index (κ1) is 21.9. The molecule has 0 unspecified atom stereocenters. The number of carbonyl (C=O) groups excluding carboxylic acids is 1. The molecule has 1 aliphatic rings. The van der Waals surface area contributed by atoms with Crippen LogP contribution in [0.3, 0.4) is 0 Å². The Morgan fingerprint density at radius 2 is 2.10 bits per heavy atom. The summed E-state index contributed by atoms with van der Waals surface area (Å²) in [6.45, 7) is -1.59. The van der Waals surface area contributed by atoms with E-state index in [1.54, 1.807) is 0 Å². The second-order valence-corrected chi connectivity index (χ2v) is 6.48. The first-order chi connectivity index (χ1) is 14.6. The standard InChI is InChI=1S/C18H13F5N6O2/c19-8-17(5-12(18(21,22)23)27-16(25)31-17)14-10(20)2-4-13(28-14)29-15(30)11-3-1-9(6-24)7-26-11/h1-4,7,12H,5,8H2,(H2,25,27)(H,28,29,30)/t12-,17+/m0/s1. The van der Waals surface area contributed by atoms with Crippen molar-refractivity contribution < 1.29 is 31.5 Å². The largest absolute Gasteiger partial charge is 0.449 e. The number of anilines is 1. The average Bonchev–Trinajstić information content (AvgIpc) is 2.74. The lowest BCUT2D eigenvalue weighted by atomic mass is 9.90. The molecule has 1 amide bonds. The average molecular weight is 440 g/mol. The molecule has 3 N–H and O–H groups in total. The third-order valence-corrected chi connectivity index (χ3v) is 4.34. The van der Waals surface area contributed by atoms with Crippen molar-refractivity contribution >= 4 is 17.7 Å². The number of nitriles is 1. The predicted molar refractivity (Wildman–Crippen MR) is 95.9 cm³/mol. The van der Waals surface area contributed by atoms with E-state index < -0.39 is 54.4 Å². The summed E-state index contributed by atoms with van der Waals surface area (Å²) < 4.78 is 72.9. The third kappa shape index (κ3) is 4.52. The first-order valence-electron chi connectivity index (χ1n) is 8.57. The number of nitrogens with two attached hydrogens (primary N) is 1. The van der Waals surface area contributed by atoms with E-state index in [-0.39, 0.29) is 17.1 Å². The van der Waals surface area contributed by atoms with E-state index in [9.17, 15) is 26.7 Å². The van der Waals surface area contributed by atoms with Gasteiger partial charge in [0.1, 0.15) is 35.8 Å². The van der Waals surface area contributed by atoms with E-state index >= 15 is 0 Å². The molecule has 0 aromatic carbocycles. The minimum Gasteiger partial charge on any atom is -0.449 e. The van der Waals surface area contributed by atoms with Crippen LogP contribution in [0.1, 0.15) is 28.2 Å². The van der Waals surface area contributed by atoms with Crippen molar-refractivity contribution in [3.63, 3.8) is 0 Å². The summed E-state index contributed by atoms with van der Waals surface area (Å²) in [6.07, 6.45) is -4.84. The van der Waals surface area contributed by atoms with Crippen molar-refractivity contribution in [3.8, 4) is 6.07 Å². The number of halogens is 5. The van der Waals surface area contributed by atoms with Gasteiger partial charge in [0.15, 0.2) is 11.6 Å². The van der Waals surface area contributed by atoms with Gasteiger partial charge in [0.25, 0.3) is 11.9 Å². The van der Waals surface area contributed by atoms with Crippen LogP contribution in [-0.2, 0) is 10.3 Å². The number of hydrogen-bond acceptors (Lipinski definition) is 7. The summed E-state index contributed by atoms with van der Waals surface area (Å²) in [7, 11) is 0. The van der Waals surface area contributed by atoms with Gasteiger partial charge in [-0.3, -0.25) is 4.79 Å². The molecular formula is C18H13F5N6O2. The van der Waals surface area contributed by atoms with Crippen molar-refractivity contribution in [2.24, 2.45) is 10.7 Å². The molecule has 0 fully saturated rings. The molecule has 31 heavy (non-hydrogen) atoms. The predicted octanol–water partition coefficient (Wildman–Crippen LogP) is 2.57. The molecule has 162 valence electrons. The van der Waals surface area contributed by atoms with E-state index in [2.05, 4.69) is 20.3 Å². The van der Waals surface area contributed by atoms with Crippen LogP contribution in [0.25, 0.3) is 0 Å². The van der Waals surface area contributed by atoms with Crippen LogP contribution >= 0.6 is 0 Å². The highest BCUT2D eigenvalue weighted by Gasteiger charge is 2.52. The van der Waals surface area contributed by atoms with E-state index in [1.165, 1.54) is 12.1 Å². The highest BCUT2D eigenvalue weighted by Crippen LogP contribution is 2.40. The van der Waals surface area contributed by atoms with Crippen LogP contribution in [0, 0.1) is 17.1 Å². The SMILES string of the molecule is N#Cc1ccc(C(=O)Nc2ccc(F)c([C@]3(CF)C[C@@H](C(F)(F)F)N=C(N)O3)n2)nc1. The number of aliphatic imine (C=N–C) groups is 1. The number of carbonyl (C=O) groups is 1. The fourth-order valence-electron chi connectivity index (χ4n) is 2.86. The van der Waals surface area contributed by atoms with Crippen LogP contribution in [0.4, 0.5) is 27.8 Å². The third-order valence-electron chi connectivity index (χ3n) is 4.34. The van der Waals surface area contributed by atoms with E-state index in [1.807, 2.05) is 6.07 Å². The van der Waals surface area contributed by atoms with Crippen molar-refractivity contribution in [2.75, 3.05) is 12.0 Å². The Hall–Kier alpha value is -3.82. The fourth-order valence-corrected chi connectivity index (χ4v) is 2.86. The second kappa shape index (κ2) is 8.13. The molecule has 0 bridgehead atoms. The van der Waals surface area contributed by atoms with Crippen molar-refractivity contribution in [2.45, 2.75) is 24.2 Å². The van der Waals surface area contributed by atoms with Gasteiger partial charge in [-0.05, 0) is 24.3 Å². The number of ether oxygens (including phenoxy) is 1. The maximum absolute atomic E-state index is 14.5. The summed E-state index contributed by atoms with van der Waals surface area (Å²) in [6, 6.07) is 2.81. The van der Waals surface area contributed by atoms with E-state index in [0.29, 0.717) is 0 Å². The summed E-state index contributed by atoms with van der Waals surface area (Å²) in [5, 5.41) is 11.0. The molecule has 3 heterocycles. The number of nitrogens with one attached hydrogen (secondary N) is 1. The number of alkyl halides is 4. The van der Waals surface area contributed by atoms with Gasteiger partial charge in [0.2, 0.25) is 0 Å². The van der Waals surface area contributed by atoms with Gasteiger partial charge >= 0.3 is 6.18 Å². The Morgan fingerprint density at radius 1 is 1.35 bits per heavy atom. The van der Waals surface area contributed by atoms with Gasteiger partial charge in [0, 0.05) is 12.6 Å². The molecule has 2 atom stereocenters. The molecule has 0 spiro atoms. The minimum absolute atomic E-state index is 0.116. The van der Waals surface area contributed by atoms with Gasteiger partial charge in [-0.15, -0.1) is 0 Å². The van der Waals surface area contributed by atoms with Crippen molar-refractivity contribution in [1.82, 2.24) is 9.97 Å². The van der Waals surface area contributed by atoms with Gasteiger partial charge in [0.05, 0.1) is 5.56 Å². The Kier molecular flexibility index (Phi) is 5.74. The molecule has 8 nitrogen and oxygen atoms in total. The summed E-state index contributed by atoms with van der Waals surface area (Å²) in [4.78, 5) is 22.9. The zero-order chi connectivity index (χ0) is 22.8. The van der Waals surface area contributed by atoms with Crippen LogP contribution in [0.5, 0.6) is 0 Å². The lowest BCUT2D eigenvalue weighted by molar-refractivity contribution is -0.167. The number of amides is 1. The first-order valence-corrected chi connectivity index (χ1v) is 8.57. The number of amidine groups is 1. The van der Waals surface area contributed by atoms with Crippen molar-refractivity contribution in [1.29, 1.82) is 5.26 Å². The quantitative estimate of drug-likeness (QED) is 0.704. The number of aromatic nitrogens is 2. The summed E-state index contributed by atoms with van der Waals surface area (Å²) >= 11 is 0. The van der Waals surface area contributed by atoms with Crippen LogP contribution in [0.2, 0.25) is 0 Å². The fraction of sp³-hybridized carbons (Fsp3) is 0.278. The van der Waals surface area contributed by atoms with Gasteiger partial charge < -0.3 is 15.8 Å². The lowest BCUT2D eigenvalue weighted by Crippen LogP contribution is -2.49. The normalized spacial score (nSPS) is 20.9. The maximum Gasteiger partial charge on any atom is 0.411 e. The number of rotatable bonds is 4. The Labute approximate surface area is 171 Å². The van der Waals surface area contributed by atoms with E-state index in [4.69, 9.17) is 15.7 Å². The molecule has 0 saturated carbocycles. The molecule has 3 rings (SSSR count). The zero-order valence-electron chi connectivity index (χ0n) is 15.5. The van der Waals surface area contributed by atoms with Crippen molar-refractivity contribution in [3.05, 3.63) is 53.2 Å². The van der Waals surface area contributed by atoms with Gasteiger partial charge in [-0.25, -0.2) is 23.7 Å². The lowest BCUT2D eigenvalue weighted by Gasteiger charge is -2.37. The van der Waals surface area contributed by atoms with Gasteiger partial charge in [-0.2, -0.15) is 18.4 Å². The van der Waals surface area contributed by atoms with E-state index in [0.717, 1.165) is 18.3 Å². The van der Waals surface area contributed by atoms with Gasteiger partial charge in [-0.1, -0.05) is 0 Å². The van der Waals surface area contributed by atoms with Crippen LogP contribution in [-0.4, -0.2) is 40.8 Å². The Bertz CT molecular complexity index is 1070. The zero-order valence-corrected chi connectivity index (χ0v) is 15.5. The maximum atomic E-state index is 14.5. The Morgan fingerprint density at radius 3 is 2.68 bits per heavy atom. The minimum atomic E-state index is -4.88. The molecular weight excluding hydrogens is 427 g/mol. The molecule has 0 saturated heterocycles. The molecule has 0 aliphatic carbocycles. The molecule has 13 heteroatoms. The Balaban J connectivity index is 1.93. The number of pyridine rings is 2. The monoisotopic (exact) mass is 440 g/mol. The van der Waals surface area contributed by atoms with Crippen LogP contribution in [0.15, 0.2) is 35.5 Å². The highest BCUT2D eigenvalue weighted by molar-refractivity contribution is 6.02.